The summed E-state index contributed by atoms with van der Waals surface area (Å²) in [5, 5.41) is 8.49. The highest BCUT2D eigenvalue weighted by Gasteiger charge is 2.14. The molecule has 0 amide bonds. The van der Waals surface area contributed by atoms with Crippen molar-refractivity contribution >= 4 is 11.8 Å². The molecule has 1 heterocycles. The second kappa shape index (κ2) is 7.41. The van der Waals surface area contributed by atoms with Gasteiger partial charge >= 0.3 is 0 Å². The standard InChI is InChI=1S/C12H15N3OS.ClH/c1-2-17-12-15-14-11(16-12)10(13)8-9-6-4-3-5-7-9;/h3-7,10H,2,8,13H2,1H3;1H/p-1/t10-;/m0./s1. The molecule has 0 unspecified atom stereocenters. The first-order valence-electron chi connectivity index (χ1n) is 5.55. The fourth-order valence-electron chi connectivity index (χ4n) is 1.51. The van der Waals surface area contributed by atoms with Gasteiger partial charge in [-0.2, -0.15) is 0 Å². The molecule has 6 heteroatoms. The van der Waals surface area contributed by atoms with Crippen molar-refractivity contribution in [1.29, 1.82) is 0 Å². The van der Waals surface area contributed by atoms with Gasteiger partial charge in [0.15, 0.2) is 0 Å². The fourth-order valence-corrected chi connectivity index (χ4v) is 2.00. The zero-order valence-electron chi connectivity index (χ0n) is 10.0. The van der Waals surface area contributed by atoms with E-state index >= 15 is 0 Å². The summed E-state index contributed by atoms with van der Waals surface area (Å²) in [5.41, 5.74) is 7.20. The Bertz CT molecular complexity index is 463. The molecular formula is C12H15ClN3OS-. The van der Waals surface area contributed by atoms with E-state index in [0.29, 0.717) is 17.5 Å². The first kappa shape index (κ1) is 15.0. The maximum absolute atomic E-state index is 6.03. The number of halogens is 1. The molecule has 0 aliphatic carbocycles. The Morgan fingerprint density at radius 3 is 2.67 bits per heavy atom. The predicted molar refractivity (Wildman–Crippen MR) is 67.8 cm³/mol. The van der Waals surface area contributed by atoms with Crippen LogP contribution in [0.15, 0.2) is 40.0 Å². The molecule has 4 nitrogen and oxygen atoms in total. The van der Waals surface area contributed by atoms with Gasteiger partial charge in [-0.3, -0.25) is 0 Å². The number of benzene rings is 1. The second-order valence-corrected chi connectivity index (χ2v) is 4.85. The van der Waals surface area contributed by atoms with Crippen LogP contribution in [0, 0.1) is 0 Å². The lowest BCUT2D eigenvalue weighted by atomic mass is 10.1. The van der Waals surface area contributed by atoms with E-state index in [9.17, 15) is 0 Å². The number of nitrogens with two attached hydrogens (primary N) is 1. The largest absolute Gasteiger partial charge is 1.00 e. The Morgan fingerprint density at radius 2 is 2.00 bits per heavy atom. The van der Waals surface area contributed by atoms with E-state index in [-0.39, 0.29) is 18.4 Å². The molecule has 2 rings (SSSR count). The molecule has 2 aromatic rings. The van der Waals surface area contributed by atoms with Crippen LogP contribution in [0.1, 0.15) is 24.4 Å². The third kappa shape index (κ3) is 4.01. The quantitative estimate of drug-likeness (QED) is 0.745. The third-order valence-corrected chi connectivity index (χ3v) is 3.01. The van der Waals surface area contributed by atoms with Gasteiger partial charge in [-0.25, -0.2) is 0 Å². The van der Waals surface area contributed by atoms with Crippen molar-refractivity contribution < 1.29 is 16.8 Å². The van der Waals surface area contributed by atoms with Gasteiger partial charge in [0.2, 0.25) is 5.89 Å². The molecule has 1 atom stereocenters. The first-order valence-corrected chi connectivity index (χ1v) is 6.54. The molecule has 0 saturated carbocycles. The van der Waals surface area contributed by atoms with E-state index in [4.69, 9.17) is 10.2 Å². The number of aromatic nitrogens is 2. The lowest BCUT2D eigenvalue weighted by Crippen LogP contribution is -3.00. The minimum Gasteiger partial charge on any atom is -1.00 e. The smallest absolute Gasteiger partial charge is 0.276 e. The van der Waals surface area contributed by atoms with E-state index < -0.39 is 0 Å². The van der Waals surface area contributed by atoms with Crippen molar-refractivity contribution in [3.63, 3.8) is 0 Å². The van der Waals surface area contributed by atoms with E-state index in [2.05, 4.69) is 10.2 Å². The van der Waals surface area contributed by atoms with Crippen LogP contribution in [-0.4, -0.2) is 16.0 Å². The summed E-state index contributed by atoms with van der Waals surface area (Å²) < 4.78 is 5.47. The molecule has 2 N–H and O–H groups in total. The summed E-state index contributed by atoms with van der Waals surface area (Å²) in [4.78, 5) is 0. The van der Waals surface area contributed by atoms with Crippen molar-refractivity contribution in [3.05, 3.63) is 41.8 Å². The number of rotatable bonds is 5. The predicted octanol–water partition coefficient (Wildman–Crippen LogP) is -0.572. The summed E-state index contributed by atoms with van der Waals surface area (Å²) >= 11 is 1.52. The number of nitrogens with zero attached hydrogens (tertiary/aromatic N) is 2. The Morgan fingerprint density at radius 1 is 1.28 bits per heavy atom. The molecule has 98 valence electrons. The maximum Gasteiger partial charge on any atom is 0.276 e. The number of thioether (sulfide) groups is 1. The zero-order valence-corrected chi connectivity index (χ0v) is 11.6. The van der Waals surface area contributed by atoms with Crippen molar-refractivity contribution in [3.8, 4) is 0 Å². The Hall–Kier alpha value is -1.04. The van der Waals surface area contributed by atoms with Crippen LogP contribution < -0.4 is 18.1 Å². The SMILES string of the molecule is CCSc1nnc([C@@H](N)Cc2ccccc2)o1.[Cl-]. The van der Waals surface area contributed by atoms with Crippen molar-refractivity contribution in [2.75, 3.05) is 5.75 Å². The van der Waals surface area contributed by atoms with Crippen LogP contribution in [0.25, 0.3) is 0 Å². The van der Waals surface area contributed by atoms with Gasteiger partial charge in [-0.15, -0.1) is 10.2 Å². The van der Waals surface area contributed by atoms with E-state index in [1.807, 2.05) is 37.3 Å². The van der Waals surface area contributed by atoms with Crippen molar-refractivity contribution in [2.45, 2.75) is 24.6 Å². The van der Waals surface area contributed by atoms with Gasteiger partial charge in [-0.1, -0.05) is 49.0 Å². The first-order chi connectivity index (χ1) is 8.29. The Kier molecular flexibility index (Phi) is 6.18. The summed E-state index contributed by atoms with van der Waals surface area (Å²) in [6.45, 7) is 2.04. The number of hydrogen-bond acceptors (Lipinski definition) is 5. The third-order valence-electron chi connectivity index (χ3n) is 2.31. The van der Waals surface area contributed by atoms with Crippen molar-refractivity contribution in [2.24, 2.45) is 5.73 Å². The molecule has 1 aromatic heterocycles. The minimum absolute atomic E-state index is 0. The topological polar surface area (TPSA) is 64.9 Å². The van der Waals surface area contributed by atoms with E-state index in [1.54, 1.807) is 0 Å². The van der Waals surface area contributed by atoms with Gasteiger partial charge in [0.05, 0.1) is 6.04 Å². The van der Waals surface area contributed by atoms with Gasteiger partial charge in [0.1, 0.15) is 0 Å². The molecule has 0 aliphatic heterocycles. The lowest BCUT2D eigenvalue weighted by molar-refractivity contribution is -0.00000420. The summed E-state index contributed by atoms with van der Waals surface area (Å²) in [6, 6.07) is 9.81. The fraction of sp³-hybridized carbons (Fsp3) is 0.333. The van der Waals surface area contributed by atoms with Crippen LogP contribution >= 0.6 is 11.8 Å². The van der Waals surface area contributed by atoms with Gasteiger partial charge in [-0.05, 0) is 17.7 Å². The molecule has 0 fully saturated rings. The number of hydrogen-bond donors (Lipinski definition) is 1. The minimum atomic E-state index is -0.240. The average Bonchev–Trinajstić information content (AvgIpc) is 2.79. The molecule has 0 spiro atoms. The van der Waals surface area contributed by atoms with Gasteiger partial charge in [0, 0.05) is 0 Å². The van der Waals surface area contributed by atoms with E-state index in [1.165, 1.54) is 17.3 Å². The summed E-state index contributed by atoms with van der Waals surface area (Å²) in [6.07, 6.45) is 0.708. The van der Waals surface area contributed by atoms with E-state index in [0.717, 1.165) is 5.75 Å². The highest BCUT2D eigenvalue weighted by atomic mass is 35.5. The van der Waals surface area contributed by atoms with Crippen LogP contribution in [0.5, 0.6) is 0 Å². The molecule has 0 saturated heterocycles. The molecule has 0 radical (unpaired) electrons. The van der Waals surface area contributed by atoms with Gasteiger partial charge < -0.3 is 22.6 Å². The molecule has 1 aromatic carbocycles. The second-order valence-electron chi connectivity index (χ2n) is 3.64. The van der Waals surface area contributed by atoms with Crippen LogP contribution in [-0.2, 0) is 6.42 Å². The summed E-state index contributed by atoms with van der Waals surface area (Å²) in [7, 11) is 0. The maximum atomic E-state index is 6.03. The molecular weight excluding hydrogens is 270 g/mol. The molecule has 0 aliphatic rings. The van der Waals surface area contributed by atoms with Crippen LogP contribution in [0.3, 0.4) is 0 Å². The van der Waals surface area contributed by atoms with Crippen molar-refractivity contribution in [1.82, 2.24) is 10.2 Å². The lowest BCUT2D eigenvalue weighted by Gasteiger charge is -2.06. The van der Waals surface area contributed by atoms with Gasteiger partial charge in [0.25, 0.3) is 5.22 Å². The highest BCUT2D eigenvalue weighted by Crippen LogP contribution is 2.20. The summed E-state index contributed by atoms with van der Waals surface area (Å²) in [5.74, 6) is 1.42. The van der Waals surface area contributed by atoms with Crippen LogP contribution in [0.2, 0.25) is 0 Å². The molecule has 18 heavy (non-hydrogen) atoms. The Balaban J connectivity index is 0.00000162. The Labute approximate surface area is 117 Å². The zero-order chi connectivity index (χ0) is 12.1. The monoisotopic (exact) mass is 284 g/mol. The highest BCUT2D eigenvalue weighted by molar-refractivity contribution is 7.99. The van der Waals surface area contributed by atoms with Crippen LogP contribution in [0.4, 0.5) is 0 Å². The molecule has 0 bridgehead atoms. The average molecular weight is 285 g/mol. The normalized spacial score (nSPS) is 11.9.